The summed E-state index contributed by atoms with van der Waals surface area (Å²) in [6, 6.07) is 0. The number of hydrogen-bond donors (Lipinski definition) is 2. The smallest absolute Gasteiger partial charge is 0.242 e. The highest BCUT2D eigenvalue weighted by atomic mass is 16.2. The average Bonchev–Trinajstić information content (AvgIpc) is 2.73. The molecule has 0 spiro atoms. The second kappa shape index (κ2) is 4.98. The number of nitrogens with zero attached hydrogens (tertiary/aromatic N) is 3. The monoisotopic (exact) mass is 223 g/mol. The van der Waals surface area contributed by atoms with E-state index in [2.05, 4.69) is 15.6 Å². The van der Waals surface area contributed by atoms with Gasteiger partial charge in [-0.05, 0) is 0 Å². The number of aryl methyl sites for hydroxylation is 1. The van der Waals surface area contributed by atoms with Crippen LogP contribution < -0.4 is 10.6 Å². The van der Waals surface area contributed by atoms with Crippen molar-refractivity contribution in [1.29, 1.82) is 0 Å². The van der Waals surface area contributed by atoms with Crippen molar-refractivity contribution in [2.75, 3.05) is 38.0 Å². The first kappa shape index (κ1) is 10.9. The molecule has 1 aliphatic rings. The third kappa shape index (κ3) is 2.52. The molecule has 0 atom stereocenters. The quantitative estimate of drug-likeness (QED) is 0.709. The zero-order valence-corrected chi connectivity index (χ0v) is 9.44. The van der Waals surface area contributed by atoms with Gasteiger partial charge in [0.25, 0.3) is 0 Å². The van der Waals surface area contributed by atoms with Gasteiger partial charge in [-0.25, -0.2) is 4.98 Å². The predicted octanol–water partition coefficient (Wildman–Crippen LogP) is -0.736. The minimum atomic E-state index is 0.129. The zero-order chi connectivity index (χ0) is 11.4. The van der Waals surface area contributed by atoms with Crippen LogP contribution in [0.2, 0.25) is 0 Å². The highest BCUT2D eigenvalue weighted by Gasteiger charge is 2.15. The maximum absolute atomic E-state index is 11.8. The summed E-state index contributed by atoms with van der Waals surface area (Å²) in [5.74, 6) is 0.855. The van der Waals surface area contributed by atoms with Crippen molar-refractivity contribution in [3.05, 3.63) is 12.4 Å². The van der Waals surface area contributed by atoms with Gasteiger partial charge in [-0.3, -0.25) is 4.79 Å². The van der Waals surface area contributed by atoms with Gasteiger partial charge in [-0.1, -0.05) is 0 Å². The molecule has 2 heterocycles. The molecule has 0 bridgehead atoms. The van der Waals surface area contributed by atoms with Crippen molar-refractivity contribution in [2.45, 2.75) is 0 Å². The van der Waals surface area contributed by atoms with Gasteiger partial charge in [0.1, 0.15) is 0 Å². The summed E-state index contributed by atoms with van der Waals surface area (Å²) in [6.07, 6.45) is 3.55. The molecule has 2 rings (SSSR count). The lowest BCUT2D eigenvalue weighted by Gasteiger charge is -2.27. The molecule has 1 saturated heterocycles. The lowest BCUT2D eigenvalue weighted by molar-refractivity contribution is -0.129. The molecule has 88 valence electrons. The van der Waals surface area contributed by atoms with Crippen LogP contribution in [0, 0.1) is 0 Å². The van der Waals surface area contributed by atoms with Crippen molar-refractivity contribution in [3.63, 3.8) is 0 Å². The van der Waals surface area contributed by atoms with Crippen LogP contribution in [-0.4, -0.2) is 53.1 Å². The molecule has 1 fully saturated rings. The first-order valence-electron chi connectivity index (χ1n) is 5.47. The Balaban J connectivity index is 1.81. The van der Waals surface area contributed by atoms with E-state index in [0.29, 0.717) is 6.54 Å². The number of rotatable bonds is 3. The summed E-state index contributed by atoms with van der Waals surface area (Å²) in [4.78, 5) is 17.8. The average molecular weight is 223 g/mol. The Morgan fingerprint density at radius 2 is 2.31 bits per heavy atom. The molecule has 0 radical (unpaired) electrons. The van der Waals surface area contributed by atoms with Gasteiger partial charge in [0.05, 0.1) is 6.54 Å². The molecule has 0 saturated carbocycles. The summed E-state index contributed by atoms with van der Waals surface area (Å²) < 4.78 is 1.85. The highest BCUT2D eigenvalue weighted by molar-refractivity contribution is 5.80. The third-order valence-electron chi connectivity index (χ3n) is 2.69. The van der Waals surface area contributed by atoms with E-state index in [0.717, 1.165) is 32.1 Å². The SMILES string of the molecule is Cn1ccnc1NCC(=O)N1CCNCC1. The Labute approximate surface area is 94.6 Å². The highest BCUT2D eigenvalue weighted by Crippen LogP contribution is 2.01. The van der Waals surface area contributed by atoms with Crippen LogP contribution in [0.3, 0.4) is 0 Å². The fourth-order valence-corrected chi connectivity index (χ4v) is 1.72. The van der Waals surface area contributed by atoms with Gasteiger partial charge in [-0.15, -0.1) is 0 Å². The van der Waals surface area contributed by atoms with Gasteiger partial charge in [0, 0.05) is 45.6 Å². The van der Waals surface area contributed by atoms with E-state index in [1.54, 1.807) is 6.20 Å². The van der Waals surface area contributed by atoms with Crippen LogP contribution in [-0.2, 0) is 11.8 Å². The van der Waals surface area contributed by atoms with Crippen LogP contribution in [0.5, 0.6) is 0 Å². The molecule has 6 nitrogen and oxygen atoms in total. The van der Waals surface area contributed by atoms with Crippen molar-refractivity contribution < 1.29 is 4.79 Å². The lowest BCUT2D eigenvalue weighted by atomic mass is 10.3. The van der Waals surface area contributed by atoms with Gasteiger partial charge in [0.2, 0.25) is 11.9 Å². The summed E-state index contributed by atoms with van der Waals surface area (Å²) in [5, 5.41) is 6.25. The number of aromatic nitrogens is 2. The van der Waals surface area contributed by atoms with E-state index in [9.17, 15) is 4.79 Å². The van der Waals surface area contributed by atoms with Crippen LogP contribution in [0.1, 0.15) is 0 Å². The van der Waals surface area contributed by atoms with Gasteiger partial charge in [-0.2, -0.15) is 0 Å². The van der Waals surface area contributed by atoms with E-state index in [1.807, 2.05) is 22.7 Å². The molecule has 1 aliphatic heterocycles. The second-order valence-corrected chi connectivity index (χ2v) is 3.85. The predicted molar refractivity (Wildman–Crippen MR) is 61.1 cm³/mol. The lowest BCUT2D eigenvalue weighted by Crippen LogP contribution is -2.48. The fourth-order valence-electron chi connectivity index (χ4n) is 1.72. The second-order valence-electron chi connectivity index (χ2n) is 3.85. The number of amides is 1. The van der Waals surface area contributed by atoms with Crippen LogP contribution >= 0.6 is 0 Å². The summed E-state index contributed by atoms with van der Waals surface area (Å²) in [5.41, 5.74) is 0. The fraction of sp³-hybridized carbons (Fsp3) is 0.600. The van der Waals surface area contributed by atoms with E-state index < -0.39 is 0 Å². The molecular weight excluding hydrogens is 206 g/mol. The molecule has 2 N–H and O–H groups in total. The summed E-state index contributed by atoms with van der Waals surface area (Å²) >= 11 is 0. The Kier molecular flexibility index (Phi) is 3.40. The molecule has 6 heteroatoms. The van der Waals surface area contributed by atoms with Crippen LogP contribution in [0.15, 0.2) is 12.4 Å². The van der Waals surface area contributed by atoms with Gasteiger partial charge >= 0.3 is 0 Å². The molecule has 16 heavy (non-hydrogen) atoms. The topological polar surface area (TPSA) is 62.2 Å². The number of nitrogens with one attached hydrogen (secondary N) is 2. The van der Waals surface area contributed by atoms with Gasteiger partial charge < -0.3 is 20.1 Å². The normalized spacial score (nSPS) is 16.2. The maximum Gasteiger partial charge on any atom is 0.242 e. The van der Waals surface area contributed by atoms with E-state index in [1.165, 1.54) is 0 Å². The molecule has 0 aromatic carbocycles. The van der Waals surface area contributed by atoms with Crippen molar-refractivity contribution in [1.82, 2.24) is 19.8 Å². The van der Waals surface area contributed by atoms with Crippen molar-refractivity contribution in [3.8, 4) is 0 Å². The molecule has 1 amide bonds. The number of carbonyl (C=O) groups is 1. The van der Waals surface area contributed by atoms with E-state index >= 15 is 0 Å². The molecule has 1 aromatic heterocycles. The third-order valence-corrected chi connectivity index (χ3v) is 2.69. The Hall–Kier alpha value is -1.56. The largest absolute Gasteiger partial charge is 0.347 e. The van der Waals surface area contributed by atoms with E-state index in [-0.39, 0.29) is 5.91 Å². The van der Waals surface area contributed by atoms with Crippen LogP contribution in [0.4, 0.5) is 5.95 Å². The van der Waals surface area contributed by atoms with Gasteiger partial charge in [0.15, 0.2) is 0 Å². The molecular formula is C10H17N5O. The Morgan fingerprint density at radius 3 is 2.94 bits per heavy atom. The number of piperazine rings is 1. The Morgan fingerprint density at radius 1 is 1.56 bits per heavy atom. The summed E-state index contributed by atoms with van der Waals surface area (Å²) in [6.45, 7) is 3.66. The first-order valence-corrected chi connectivity index (χ1v) is 5.47. The zero-order valence-electron chi connectivity index (χ0n) is 9.44. The number of imidazole rings is 1. The first-order chi connectivity index (χ1) is 7.77. The summed E-state index contributed by atoms with van der Waals surface area (Å²) in [7, 11) is 1.89. The maximum atomic E-state index is 11.8. The molecule has 1 aromatic rings. The van der Waals surface area contributed by atoms with E-state index in [4.69, 9.17) is 0 Å². The molecule has 0 aliphatic carbocycles. The number of anilines is 1. The minimum Gasteiger partial charge on any atom is -0.347 e. The Bertz CT molecular complexity index is 356. The minimum absolute atomic E-state index is 0.129. The number of carbonyl (C=O) groups excluding carboxylic acids is 1. The standard InChI is InChI=1S/C10H17N5O/c1-14-5-4-12-10(14)13-8-9(16)15-6-2-11-3-7-15/h4-5,11H,2-3,6-8H2,1H3,(H,12,13). The molecule has 0 unspecified atom stereocenters. The van der Waals surface area contributed by atoms with Crippen LogP contribution in [0.25, 0.3) is 0 Å². The van der Waals surface area contributed by atoms with Crippen molar-refractivity contribution in [2.24, 2.45) is 7.05 Å². The number of hydrogen-bond acceptors (Lipinski definition) is 4. The van der Waals surface area contributed by atoms with Crippen molar-refractivity contribution >= 4 is 11.9 Å².